The zero-order valence-electron chi connectivity index (χ0n) is 39.1. The Morgan fingerprint density at radius 3 is 1.65 bits per heavy atom. The van der Waals surface area contributed by atoms with Crippen LogP contribution in [-0.4, -0.2) is 13.4 Å². The number of hydrogen-bond acceptors (Lipinski definition) is 1. The van der Waals surface area contributed by atoms with E-state index in [0.29, 0.717) is 0 Å². The number of para-hydroxylation sites is 2. The smallest absolute Gasteiger partial charge is 0.0728 e. The van der Waals surface area contributed by atoms with E-state index in [4.69, 9.17) is 0 Å². The van der Waals surface area contributed by atoms with Crippen LogP contribution in [0.15, 0.2) is 146 Å². The fourth-order valence-electron chi connectivity index (χ4n) is 11.7. The summed E-state index contributed by atoms with van der Waals surface area (Å²) in [6.07, 6.45) is 0. The second kappa shape index (κ2) is 12.5. The fourth-order valence-corrected chi connectivity index (χ4v) is 12.9. The molecule has 0 saturated carbocycles. The molecule has 14 rings (SSSR count). The molecule has 0 atom stereocenters. The number of nitrogens with zero attached hydrogens (tertiary/aromatic N) is 3. The normalized spacial score (nSPS) is 13.5. The van der Waals surface area contributed by atoms with Gasteiger partial charge < -0.3 is 13.4 Å². The van der Waals surface area contributed by atoms with Crippen molar-refractivity contribution in [1.29, 1.82) is 0 Å². The molecule has 0 spiro atoms. The van der Waals surface area contributed by atoms with Gasteiger partial charge in [0.15, 0.2) is 0 Å². The van der Waals surface area contributed by atoms with Crippen LogP contribution < -0.4 is 0 Å². The summed E-state index contributed by atoms with van der Waals surface area (Å²) in [7, 11) is 0. The molecule has 6 aromatic heterocycles. The van der Waals surface area contributed by atoms with E-state index in [2.05, 4.69) is 221 Å². The molecule has 14 aromatic rings. The molecule has 0 radical (unpaired) electrons. The molecule has 0 aliphatic carbocycles. The lowest BCUT2D eigenvalue weighted by Crippen LogP contribution is -2.11. The Kier molecular flexibility index (Phi) is 7.28. The Morgan fingerprint density at radius 1 is 0.364 bits per heavy atom. The number of fused-ring (bicyclic) bond motifs is 18. The Labute approximate surface area is 387 Å². The van der Waals surface area contributed by atoms with Crippen LogP contribution in [-0.2, 0) is 16.2 Å². The maximum absolute atomic E-state index is 2.71. The summed E-state index contributed by atoms with van der Waals surface area (Å²) in [5.74, 6) is 0. The van der Waals surface area contributed by atoms with Crippen molar-refractivity contribution < 1.29 is 0 Å². The minimum Gasteiger partial charge on any atom is -0.309 e. The van der Waals surface area contributed by atoms with Gasteiger partial charge in [-0.1, -0.05) is 129 Å². The van der Waals surface area contributed by atoms with Gasteiger partial charge in [-0.15, -0.1) is 11.3 Å². The Morgan fingerprint density at radius 2 is 0.924 bits per heavy atom. The number of thiophene rings is 1. The van der Waals surface area contributed by atoms with Gasteiger partial charge in [-0.05, 0) is 117 Å². The molecular formula is C62H51N3S. The molecule has 0 unspecified atom stereocenters. The lowest BCUT2D eigenvalue weighted by atomic mass is 9.83. The SMILES string of the molecule is CC(C)(C)c1cc(-c2ccc3c(c2)c2ccccc2n3-c2ccccc2)c2c(c1)c1cc(C(C)(C)C)cc3c4ccc5c(c6cc(C(C)(C)C)cc7c8sc9ccccc9c8n5c76)c4n2c13. The molecule has 0 aliphatic rings. The molecule has 66 heavy (non-hydrogen) atoms. The molecular weight excluding hydrogens is 819 g/mol. The van der Waals surface area contributed by atoms with Gasteiger partial charge in [-0.25, -0.2) is 0 Å². The first-order chi connectivity index (χ1) is 31.6. The zero-order chi connectivity index (χ0) is 44.9. The highest BCUT2D eigenvalue weighted by Crippen LogP contribution is 2.52. The van der Waals surface area contributed by atoms with Crippen LogP contribution in [0.5, 0.6) is 0 Å². The monoisotopic (exact) mass is 869 g/mol. The molecule has 0 saturated heterocycles. The van der Waals surface area contributed by atoms with E-state index >= 15 is 0 Å². The van der Waals surface area contributed by atoms with E-state index in [1.807, 2.05) is 11.3 Å². The molecule has 320 valence electrons. The van der Waals surface area contributed by atoms with E-state index in [-0.39, 0.29) is 16.2 Å². The number of aromatic nitrogens is 3. The maximum Gasteiger partial charge on any atom is 0.0728 e. The van der Waals surface area contributed by atoms with Crippen LogP contribution in [0.25, 0.3) is 124 Å². The number of hydrogen-bond donors (Lipinski definition) is 0. The molecule has 0 bridgehead atoms. The third-order valence-electron chi connectivity index (χ3n) is 15.1. The average molecular weight is 870 g/mol. The second-order valence-electron chi connectivity index (χ2n) is 22.2. The number of rotatable bonds is 2. The topological polar surface area (TPSA) is 13.8 Å². The minimum absolute atomic E-state index is 0.0344. The average Bonchev–Trinajstić information content (AvgIpc) is 4.13. The number of benzene rings is 8. The van der Waals surface area contributed by atoms with Crippen molar-refractivity contribution in [3.05, 3.63) is 162 Å². The molecule has 8 aromatic carbocycles. The summed E-state index contributed by atoms with van der Waals surface area (Å²) in [4.78, 5) is 0. The Balaban J connectivity index is 1.21. The third kappa shape index (κ3) is 4.93. The summed E-state index contributed by atoms with van der Waals surface area (Å²) >= 11 is 1.94. The summed E-state index contributed by atoms with van der Waals surface area (Å²) in [6, 6.07) is 56.0. The summed E-state index contributed by atoms with van der Waals surface area (Å²) in [5.41, 5.74) is 17.9. The van der Waals surface area contributed by atoms with Crippen LogP contribution >= 0.6 is 11.3 Å². The molecule has 0 N–H and O–H groups in total. The van der Waals surface area contributed by atoms with Gasteiger partial charge in [-0.2, -0.15) is 0 Å². The van der Waals surface area contributed by atoms with Crippen molar-refractivity contribution in [2.45, 2.75) is 78.6 Å². The van der Waals surface area contributed by atoms with Crippen molar-refractivity contribution >= 4 is 119 Å². The van der Waals surface area contributed by atoms with Gasteiger partial charge in [0, 0.05) is 69.8 Å². The van der Waals surface area contributed by atoms with Gasteiger partial charge in [0.2, 0.25) is 0 Å². The molecule has 0 fully saturated rings. The van der Waals surface area contributed by atoms with E-state index in [1.165, 1.54) is 141 Å². The lowest BCUT2D eigenvalue weighted by molar-refractivity contribution is 0.591. The Hall–Kier alpha value is -6.88. The van der Waals surface area contributed by atoms with Crippen molar-refractivity contribution in [2.75, 3.05) is 0 Å². The van der Waals surface area contributed by atoms with E-state index < -0.39 is 0 Å². The predicted octanol–water partition coefficient (Wildman–Crippen LogP) is 17.9. The van der Waals surface area contributed by atoms with E-state index in [1.54, 1.807) is 0 Å². The summed E-state index contributed by atoms with van der Waals surface area (Å²) in [6.45, 7) is 21.3. The van der Waals surface area contributed by atoms with Gasteiger partial charge in [-0.3, -0.25) is 0 Å². The van der Waals surface area contributed by atoms with Crippen molar-refractivity contribution in [3.8, 4) is 16.8 Å². The first-order valence-electron chi connectivity index (χ1n) is 23.6. The van der Waals surface area contributed by atoms with Crippen LogP contribution in [0.2, 0.25) is 0 Å². The minimum atomic E-state index is -0.0737. The van der Waals surface area contributed by atoms with Gasteiger partial charge >= 0.3 is 0 Å². The highest BCUT2D eigenvalue weighted by molar-refractivity contribution is 7.26. The first-order valence-corrected chi connectivity index (χ1v) is 24.4. The predicted molar refractivity (Wildman–Crippen MR) is 287 cm³/mol. The van der Waals surface area contributed by atoms with Gasteiger partial charge in [0.25, 0.3) is 0 Å². The summed E-state index contributed by atoms with van der Waals surface area (Å²) < 4.78 is 10.5. The van der Waals surface area contributed by atoms with Crippen LogP contribution in [0.1, 0.15) is 79.0 Å². The van der Waals surface area contributed by atoms with Gasteiger partial charge in [0.05, 0.1) is 48.8 Å². The molecule has 0 amide bonds. The standard InChI is InChI=1S/C62H51N3S/c1-60(2,3)35-28-42(34-23-25-50-43(27-34)39-19-13-15-21-49(39)63(50)38-17-11-10-12-18-38)54-45(30-35)46-31-36(61(4,5)6)29-44-40-24-26-51-53(57(40)65(54)55(44)46)47-32-37(62(7,8)9)33-48-56(47)64(51)58-41-20-14-16-22-52(41)66-59(48)58/h10-33H,1-9H3. The quantitative estimate of drug-likeness (QED) is 0.164. The van der Waals surface area contributed by atoms with Crippen molar-refractivity contribution in [1.82, 2.24) is 13.4 Å². The van der Waals surface area contributed by atoms with Crippen LogP contribution in [0, 0.1) is 0 Å². The third-order valence-corrected chi connectivity index (χ3v) is 16.3. The van der Waals surface area contributed by atoms with Crippen molar-refractivity contribution in [2.24, 2.45) is 0 Å². The maximum atomic E-state index is 2.71. The zero-order valence-corrected chi connectivity index (χ0v) is 39.9. The van der Waals surface area contributed by atoms with Crippen LogP contribution in [0.4, 0.5) is 0 Å². The van der Waals surface area contributed by atoms with E-state index in [9.17, 15) is 0 Å². The Bertz CT molecular complexity index is 4370. The first kappa shape index (κ1) is 38.4. The highest BCUT2D eigenvalue weighted by atomic mass is 32.1. The largest absolute Gasteiger partial charge is 0.309 e. The summed E-state index contributed by atoms with van der Waals surface area (Å²) in [5, 5.41) is 13.2. The molecule has 6 heterocycles. The second-order valence-corrected chi connectivity index (χ2v) is 23.3. The lowest BCUT2D eigenvalue weighted by Gasteiger charge is -2.22. The molecule has 4 heteroatoms. The van der Waals surface area contributed by atoms with Crippen molar-refractivity contribution in [3.63, 3.8) is 0 Å². The van der Waals surface area contributed by atoms with E-state index in [0.717, 1.165) is 0 Å². The highest BCUT2D eigenvalue weighted by Gasteiger charge is 2.31. The fraction of sp³-hybridized carbons (Fsp3) is 0.194. The molecule has 0 aliphatic heterocycles. The molecule has 3 nitrogen and oxygen atoms in total. The van der Waals surface area contributed by atoms with Gasteiger partial charge in [0.1, 0.15) is 0 Å². The van der Waals surface area contributed by atoms with Crippen LogP contribution in [0.3, 0.4) is 0 Å².